The number of ketones is 1. The van der Waals surface area contributed by atoms with Crippen LogP contribution in [0.2, 0.25) is 0 Å². The molecule has 4 heteroatoms. The minimum Gasteiger partial charge on any atom is -0.288 e. The SMILES string of the molecule is Cc1cc(F)c(C(=O)c2cc3ccccc3s2)cc1F. The van der Waals surface area contributed by atoms with Gasteiger partial charge in [-0.05, 0) is 42.1 Å². The fraction of sp³-hybridized carbons (Fsp3) is 0.0625. The van der Waals surface area contributed by atoms with Crippen LogP contribution in [0.3, 0.4) is 0 Å². The molecule has 0 aliphatic carbocycles. The van der Waals surface area contributed by atoms with Gasteiger partial charge in [0.25, 0.3) is 0 Å². The molecule has 2 aromatic carbocycles. The van der Waals surface area contributed by atoms with Gasteiger partial charge in [0, 0.05) is 4.70 Å². The summed E-state index contributed by atoms with van der Waals surface area (Å²) in [6, 6.07) is 11.2. The minimum atomic E-state index is -0.689. The van der Waals surface area contributed by atoms with Crippen LogP contribution in [-0.2, 0) is 0 Å². The van der Waals surface area contributed by atoms with Crippen molar-refractivity contribution in [1.82, 2.24) is 0 Å². The fourth-order valence-corrected chi connectivity index (χ4v) is 3.06. The Hall–Kier alpha value is -2.07. The highest BCUT2D eigenvalue weighted by molar-refractivity contribution is 7.21. The van der Waals surface area contributed by atoms with Gasteiger partial charge < -0.3 is 0 Å². The lowest BCUT2D eigenvalue weighted by Crippen LogP contribution is -2.04. The Balaban J connectivity index is 2.10. The third-order valence-corrected chi connectivity index (χ3v) is 4.26. The number of carbonyl (C=O) groups is 1. The molecule has 0 aliphatic heterocycles. The zero-order chi connectivity index (χ0) is 14.3. The lowest BCUT2D eigenvalue weighted by molar-refractivity contribution is 0.103. The Bertz CT molecular complexity index is 787. The minimum absolute atomic E-state index is 0.190. The molecule has 0 aliphatic rings. The zero-order valence-corrected chi connectivity index (χ0v) is 11.4. The van der Waals surface area contributed by atoms with Crippen LogP contribution < -0.4 is 0 Å². The van der Waals surface area contributed by atoms with Crippen molar-refractivity contribution in [3.05, 3.63) is 70.1 Å². The van der Waals surface area contributed by atoms with E-state index in [0.717, 1.165) is 22.2 Å². The van der Waals surface area contributed by atoms with E-state index >= 15 is 0 Å². The fourth-order valence-electron chi connectivity index (χ4n) is 2.05. The number of aryl methyl sites for hydroxylation is 1. The molecule has 0 spiro atoms. The van der Waals surface area contributed by atoms with Crippen molar-refractivity contribution in [2.45, 2.75) is 6.92 Å². The number of benzene rings is 2. The van der Waals surface area contributed by atoms with Gasteiger partial charge in [-0.1, -0.05) is 18.2 Å². The summed E-state index contributed by atoms with van der Waals surface area (Å²) in [7, 11) is 0. The Morgan fingerprint density at radius 2 is 1.80 bits per heavy atom. The number of hydrogen-bond acceptors (Lipinski definition) is 2. The van der Waals surface area contributed by atoms with Gasteiger partial charge >= 0.3 is 0 Å². The number of hydrogen-bond donors (Lipinski definition) is 0. The normalized spacial score (nSPS) is 10.9. The summed E-state index contributed by atoms with van der Waals surface area (Å²) < 4.78 is 28.3. The molecule has 0 N–H and O–H groups in total. The molecule has 100 valence electrons. The topological polar surface area (TPSA) is 17.1 Å². The zero-order valence-electron chi connectivity index (χ0n) is 10.6. The molecule has 0 bridgehead atoms. The molecular formula is C16H10F2OS. The van der Waals surface area contributed by atoms with E-state index in [-0.39, 0.29) is 11.1 Å². The van der Waals surface area contributed by atoms with Crippen molar-refractivity contribution in [3.8, 4) is 0 Å². The molecule has 1 aromatic heterocycles. The second-order valence-electron chi connectivity index (χ2n) is 4.56. The van der Waals surface area contributed by atoms with Gasteiger partial charge in [-0.2, -0.15) is 0 Å². The van der Waals surface area contributed by atoms with Crippen molar-refractivity contribution < 1.29 is 13.6 Å². The summed E-state index contributed by atoms with van der Waals surface area (Å²) in [4.78, 5) is 12.7. The summed E-state index contributed by atoms with van der Waals surface area (Å²) >= 11 is 1.28. The predicted octanol–water partition coefficient (Wildman–Crippen LogP) is 4.72. The number of thiophene rings is 1. The summed E-state index contributed by atoms with van der Waals surface area (Å²) in [6.07, 6.45) is 0. The van der Waals surface area contributed by atoms with Crippen LogP contribution in [0.15, 0.2) is 42.5 Å². The van der Waals surface area contributed by atoms with E-state index in [0.29, 0.717) is 4.88 Å². The highest BCUT2D eigenvalue weighted by atomic mass is 32.1. The molecule has 20 heavy (non-hydrogen) atoms. The summed E-state index contributed by atoms with van der Waals surface area (Å²) in [5, 5.41) is 0.925. The van der Waals surface area contributed by atoms with Crippen LogP contribution in [0.1, 0.15) is 20.8 Å². The lowest BCUT2D eigenvalue weighted by atomic mass is 10.1. The second-order valence-corrected chi connectivity index (χ2v) is 5.64. The first-order chi connectivity index (χ1) is 9.56. The largest absolute Gasteiger partial charge is 0.288 e. The molecule has 1 heterocycles. The molecule has 0 amide bonds. The predicted molar refractivity (Wildman–Crippen MR) is 76.4 cm³/mol. The Labute approximate surface area is 118 Å². The van der Waals surface area contributed by atoms with Crippen molar-refractivity contribution in [2.75, 3.05) is 0 Å². The summed E-state index contributed by atoms with van der Waals surface area (Å²) in [5.74, 6) is -1.75. The van der Waals surface area contributed by atoms with Gasteiger partial charge in [0.05, 0.1) is 10.4 Å². The Morgan fingerprint density at radius 3 is 2.55 bits per heavy atom. The van der Waals surface area contributed by atoms with Gasteiger partial charge in [-0.25, -0.2) is 8.78 Å². The van der Waals surface area contributed by atoms with E-state index in [2.05, 4.69) is 0 Å². The molecule has 0 unspecified atom stereocenters. The average molecular weight is 288 g/mol. The number of rotatable bonds is 2. The Kier molecular flexibility index (Phi) is 3.10. The van der Waals surface area contributed by atoms with Gasteiger partial charge in [0.15, 0.2) is 0 Å². The quantitative estimate of drug-likeness (QED) is 0.624. The van der Waals surface area contributed by atoms with Crippen molar-refractivity contribution in [3.63, 3.8) is 0 Å². The second kappa shape index (κ2) is 4.80. The highest BCUT2D eigenvalue weighted by Gasteiger charge is 2.18. The van der Waals surface area contributed by atoms with Crippen LogP contribution in [0.5, 0.6) is 0 Å². The van der Waals surface area contributed by atoms with Crippen molar-refractivity contribution in [1.29, 1.82) is 0 Å². The maximum absolute atomic E-state index is 13.8. The molecule has 3 rings (SSSR count). The van der Waals surface area contributed by atoms with Crippen LogP contribution in [-0.4, -0.2) is 5.78 Å². The van der Waals surface area contributed by atoms with Gasteiger partial charge in [-0.15, -0.1) is 11.3 Å². The molecule has 3 aromatic rings. The summed E-state index contributed by atoms with van der Waals surface area (Å²) in [5.41, 5.74) is -0.0324. The molecule has 0 fully saturated rings. The molecule has 0 saturated heterocycles. The van der Waals surface area contributed by atoms with Gasteiger partial charge in [-0.3, -0.25) is 4.79 Å². The molecular weight excluding hydrogens is 278 g/mol. The van der Waals surface area contributed by atoms with Crippen molar-refractivity contribution >= 4 is 27.2 Å². The third-order valence-electron chi connectivity index (χ3n) is 3.14. The van der Waals surface area contributed by atoms with Crippen LogP contribution >= 0.6 is 11.3 Å². The third kappa shape index (κ3) is 2.12. The van der Waals surface area contributed by atoms with E-state index in [1.54, 1.807) is 6.07 Å². The molecule has 0 radical (unpaired) electrons. The monoisotopic (exact) mass is 288 g/mol. The maximum atomic E-state index is 13.8. The van der Waals surface area contributed by atoms with Crippen LogP contribution in [0.25, 0.3) is 10.1 Å². The highest BCUT2D eigenvalue weighted by Crippen LogP contribution is 2.28. The first-order valence-electron chi connectivity index (χ1n) is 6.05. The van der Waals surface area contributed by atoms with E-state index in [9.17, 15) is 13.6 Å². The number of fused-ring (bicyclic) bond motifs is 1. The smallest absolute Gasteiger partial charge is 0.206 e. The van der Waals surface area contributed by atoms with E-state index in [1.807, 2.05) is 24.3 Å². The Morgan fingerprint density at radius 1 is 1.05 bits per heavy atom. The molecule has 0 atom stereocenters. The summed E-state index contributed by atoms with van der Waals surface area (Å²) in [6.45, 7) is 1.46. The van der Waals surface area contributed by atoms with E-state index < -0.39 is 17.4 Å². The first kappa shape index (κ1) is 12.9. The maximum Gasteiger partial charge on any atom is 0.206 e. The van der Waals surface area contributed by atoms with Crippen LogP contribution in [0, 0.1) is 18.6 Å². The molecule has 1 nitrogen and oxygen atoms in total. The van der Waals surface area contributed by atoms with Crippen molar-refractivity contribution in [2.24, 2.45) is 0 Å². The average Bonchev–Trinajstić information content (AvgIpc) is 2.86. The lowest BCUT2D eigenvalue weighted by Gasteiger charge is -2.03. The van der Waals surface area contributed by atoms with E-state index in [4.69, 9.17) is 0 Å². The number of carbonyl (C=O) groups excluding carboxylic acids is 1. The van der Waals surface area contributed by atoms with E-state index in [1.165, 1.54) is 18.3 Å². The number of halogens is 2. The van der Waals surface area contributed by atoms with Gasteiger partial charge in [0.1, 0.15) is 11.6 Å². The first-order valence-corrected chi connectivity index (χ1v) is 6.87. The van der Waals surface area contributed by atoms with Crippen LogP contribution in [0.4, 0.5) is 8.78 Å². The standard InChI is InChI=1S/C16H10F2OS/c1-9-6-13(18)11(8-12(9)17)16(19)15-7-10-4-2-3-5-14(10)20-15/h2-8H,1H3. The van der Waals surface area contributed by atoms with Gasteiger partial charge in [0.2, 0.25) is 5.78 Å². The molecule has 0 saturated carbocycles.